The maximum absolute atomic E-state index is 13.0. The van der Waals surface area contributed by atoms with Crippen LogP contribution in [0, 0.1) is 35.2 Å². The molecule has 0 saturated heterocycles. The normalized spacial score (nSPS) is 43.4. The molecule has 2 N–H and O–H groups in total. The Morgan fingerprint density at radius 2 is 2.03 bits per heavy atom. The molecule has 7 heteroatoms. The monoisotopic (exact) mass is 431 g/mol. The van der Waals surface area contributed by atoms with Crippen molar-refractivity contribution in [2.75, 3.05) is 6.61 Å². The van der Waals surface area contributed by atoms with Gasteiger partial charge in [0.2, 0.25) is 5.78 Å². The van der Waals surface area contributed by atoms with Gasteiger partial charge in [-0.15, -0.1) is 0 Å². The molecule has 0 aromatic rings. The number of hydrogen-bond acceptors (Lipinski definition) is 7. The van der Waals surface area contributed by atoms with Crippen molar-refractivity contribution in [1.82, 2.24) is 0 Å². The molecule has 1 unspecified atom stereocenters. The molecular formula is C24H31O7. The Bertz CT molecular complexity index is 860. The highest BCUT2D eigenvalue weighted by Crippen LogP contribution is 2.67. The molecule has 0 aromatic carbocycles. The van der Waals surface area contributed by atoms with Gasteiger partial charge in [0, 0.05) is 16.7 Å². The topological polar surface area (TPSA) is 110 Å². The third-order valence-corrected chi connectivity index (χ3v) is 8.64. The first-order valence-electron chi connectivity index (χ1n) is 11.1. The molecule has 0 spiro atoms. The van der Waals surface area contributed by atoms with Crippen LogP contribution in [0.15, 0.2) is 23.8 Å². The minimum atomic E-state index is -1.67. The summed E-state index contributed by atoms with van der Waals surface area (Å²) in [4.78, 5) is 36.4. The van der Waals surface area contributed by atoms with Crippen molar-refractivity contribution in [3.63, 3.8) is 0 Å². The van der Waals surface area contributed by atoms with Crippen LogP contribution in [-0.2, 0) is 19.1 Å². The lowest BCUT2D eigenvalue weighted by Gasteiger charge is -2.59. The second kappa shape index (κ2) is 7.55. The summed E-state index contributed by atoms with van der Waals surface area (Å²) < 4.78 is 9.44. The van der Waals surface area contributed by atoms with Crippen LogP contribution in [0.3, 0.4) is 0 Å². The van der Waals surface area contributed by atoms with Crippen LogP contribution in [-0.4, -0.2) is 46.2 Å². The van der Waals surface area contributed by atoms with Crippen LogP contribution in [0.2, 0.25) is 0 Å². The number of hydrogen-bond donors (Lipinski definition) is 2. The first-order valence-corrected chi connectivity index (χ1v) is 11.1. The molecule has 1 radical (unpaired) electrons. The van der Waals surface area contributed by atoms with Gasteiger partial charge >= 0.3 is 6.16 Å². The number of ether oxygens (including phenoxy) is 2. The maximum atomic E-state index is 13.0. The second-order valence-electron chi connectivity index (χ2n) is 9.93. The van der Waals surface area contributed by atoms with E-state index in [1.165, 1.54) is 6.92 Å². The van der Waals surface area contributed by atoms with Gasteiger partial charge in [-0.2, -0.15) is 0 Å². The van der Waals surface area contributed by atoms with E-state index in [2.05, 4.69) is 11.7 Å². The van der Waals surface area contributed by atoms with Gasteiger partial charge < -0.3 is 19.7 Å². The molecule has 0 amide bonds. The Kier molecular flexibility index (Phi) is 5.41. The summed E-state index contributed by atoms with van der Waals surface area (Å²) in [6, 6.07) is 0. The van der Waals surface area contributed by atoms with E-state index in [-0.39, 0.29) is 36.4 Å². The molecule has 0 heterocycles. The summed E-state index contributed by atoms with van der Waals surface area (Å²) in [5, 5.41) is 22.8. The highest BCUT2D eigenvalue weighted by atomic mass is 16.7. The summed E-state index contributed by atoms with van der Waals surface area (Å²) >= 11 is 0. The molecule has 0 aromatic heterocycles. The number of aliphatic hydroxyl groups excluding tert-OH is 1. The predicted octanol–water partition coefficient (Wildman–Crippen LogP) is 2.90. The van der Waals surface area contributed by atoms with Crippen LogP contribution in [0.4, 0.5) is 4.79 Å². The number of fused-ring (bicyclic) bond motifs is 5. The van der Waals surface area contributed by atoms with Crippen LogP contribution in [0.1, 0.15) is 52.9 Å². The third kappa shape index (κ3) is 3.20. The highest BCUT2D eigenvalue weighted by molar-refractivity contribution is 6.01. The van der Waals surface area contributed by atoms with Gasteiger partial charge in [0.15, 0.2) is 12.4 Å². The van der Waals surface area contributed by atoms with Crippen LogP contribution >= 0.6 is 0 Å². The third-order valence-electron chi connectivity index (χ3n) is 8.64. The molecule has 0 aliphatic heterocycles. The molecule has 0 bridgehead atoms. The summed E-state index contributed by atoms with van der Waals surface area (Å²) in [7, 11) is 0. The molecule has 3 fully saturated rings. The predicted molar refractivity (Wildman–Crippen MR) is 110 cm³/mol. The number of Topliss-reactive ketones (excluding diaryl/α,β-unsaturated/α-hetero) is 1. The van der Waals surface area contributed by atoms with E-state index in [4.69, 9.17) is 4.74 Å². The van der Waals surface area contributed by atoms with E-state index < -0.39 is 41.1 Å². The second-order valence-corrected chi connectivity index (χ2v) is 9.93. The number of carbonyl (C=O) groups is 3. The fraction of sp³-hybridized carbons (Fsp3) is 0.667. The first kappa shape index (κ1) is 22.2. The lowest BCUT2D eigenvalue weighted by atomic mass is 9.46. The standard InChI is InChI=1S/C24H31O7/c1-4-30-21(28)31-13-19(27)24(29)10-8-17-16-6-5-14-11-15(25)7-9-22(14,2)20(16)18(26)12-23(17,24)3/h4,7,9,11,16-18,20,26,29H,5-6,8,10,12-13H2,1-3H3/t16-,17-,18-,20?,22-,23-,24-/m1/s1. The number of carbonyl (C=O) groups excluding carboxylic acids is 3. The fourth-order valence-corrected chi connectivity index (χ4v) is 7.16. The van der Waals surface area contributed by atoms with Crippen molar-refractivity contribution in [2.45, 2.75) is 64.6 Å². The van der Waals surface area contributed by atoms with Gasteiger partial charge in [-0.3, -0.25) is 9.59 Å². The van der Waals surface area contributed by atoms with Gasteiger partial charge in [-0.05, 0) is 63.0 Å². The Morgan fingerprint density at radius 3 is 2.74 bits per heavy atom. The lowest BCUT2D eigenvalue weighted by Crippen LogP contribution is -2.61. The largest absolute Gasteiger partial charge is 0.509 e. The quantitative estimate of drug-likeness (QED) is 0.659. The molecule has 7 nitrogen and oxygen atoms in total. The number of allylic oxidation sites excluding steroid dienone is 4. The minimum Gasteiger partial charge on any atom is -0.427 e. The molecule has 4 aliphatic carbocycles. The fourth-order valence-electron chi connectivity index (χ4n) is 7.16. The van der Waals surface area contributed by atoms with E-state index in [0.717, 1.165) is 25.0 Å². The molecule has 7 atom stereocenters. The van der Waals surface area contributed by atoms with E-state index in [0.29, 0.717) is 6.42 Å². The Morgan fingerprint density at radius 1 is 1.29 bits per heavy atom. The van der Waals surface area contributed by atoms with Crippen LogP contribution in [0.25, 0.3) is 0 Å². The van der Waals surface area contributed by atoms with Gasteiger partial charge in [0.1, 0.15) is 12.2 Å². The van der Waals surface area contributed by atoms with Gasteiger partial charge in [0.05, 0.1) is 6.10 Å². The number of ketones is 2. The summed E-state index contributed by atoms with van der Waals surface area (Å²) in [5.41, 5.74) is -1.82. The Hall–Kier alpha value is -1.99. The first-order chi connectivity index (χ1) is 14.6. The molecular weight excluding hydrogens is 400 g/mol. The molecule has 4 rings (SSSR count). The summed E-state index contributed by atoms with van der Waals surface area (Å²) in [5.74, 6) is -0.465. The van der Waals surface area contributed by atoms with Crippen molar-refractivity contribution in [2.24, 2.45) is 28.6 Å². The average molecular weight is 432 g/mol. The SMILES string of the molecule is C[CH]OC(=O)OCC(=O)[C@]1(O)CC[C@@H]2[C@H]3CCC4=CC(=O)C=C[C@@]4(C)C3[C@H](O)C[C@]21C. The lowest BCUT2D eigenvalue weighted by molar-refractivity contribution is -0.178. The molecule has 3 saturated carbocycles. The Labute approximate surface area is 182 Å². The maximum Gasteiger partial charge on any atom is 0.509 e. The smallest absolute Gasteiger partial charge is 0.427 e. The molecule has 31 heavy (non-hydrogen) atoms. The minimum absolute atomic E-state index is 0.0129. The summed E-state index contributed by atoms with van der Waals surface area (Å²) in [6.07, 6.45) is 6.30. The van der Waals surface area contributed by atoms with Gasteiger partial charge in [0.25, 0.3) is 0 Å². The van der Waals surface area contributed by atoms with E-state index in [1.807, 2.05) is 13.0 Å². The van der Waals surface area contributed by atoms with Crippen LogP contribution < -0.4 is 0 Å². The molecule has 4 aliphatic rings. The van der Waals surface area contributed by atoms with Gasteiger partial charge in [-0.25, -0.2) is 4.79 Å². The van der Waals surface area contributed by atoms with Crippen molar-refractivity contribution in [3.05, 3.63) is 30.4 Å². The zero-order chi connectivity index (χ0) is 22.6. The van der Waals surface area contributed by atoms with Crippen molar-refractivity contribution < 1.29 is 34.1 Å². The van der Waals surface area contributed by atoms with Crippen molar-refractivity contribution >= 4 is 17.7 Å². The van der Waals surface area contributed by atoms with E-state index in [9.17, 15) is 24.6 Å². The average Bonchev–Trinajstić information content (AvgIpc) is 2.98. The van der Waals surface area contributed by atoms with Crippen molar-refractivity contribution in [3.8, 4) is 0 Å². The van der Waals surface area contributed by atoms with Crippen molar-refractivity contribution in [1.29, 1.82) is 0 Å². The van der Waals surface area contributed by atoms with Crippen LogP contribution in [0.5, 0.6) is 0 Å². The number of aliphatic hydroxyl groups is 2. The zero-order valence-corrected chi connectivity index (χ0v) is 18.3. The van der Waals surface area contributed by atoms with Gasteiger partial charge in [-0.1, -0.05) is 25.5 Å². The Balaban J connectivity index is 1.60. The van der Waals surface area contributed by atoms with E-state index in [1.54, 1.807) is 12.2 Å². The summed E-state index contributed by atoms with van der Waals surface area (Å²) in [6.45, 7) is 6.08. The highest BCUT2D eigenvalue weighted by Gasteiger charge is 2.68. The zero-order valence-electron chi connectivity index (χ0n) is 18.3. The van der Waals surface area contributed by atoms with E-state index >= 15 is 0 Å². The number of rotatable bonds is 4. The molecule has 169 valence electrons.